The molecule has 20 heavy (non-hydrogen) atoms. The third kappa shape index (κ3) is 5.65. The zero-order valence-electron chi connectivity index (χ0n) is 12.2. The van der Waals surface area contributed by atoms with Crippen LogP contribution in [0.4, 0.5) is 5.69 Å². The lowest BCUT2D eigenvalue weighted by molar-refractivity contribution is -0.124. The zero-order valence-corrected chi connectivity index (χ0v) is 12.2. The van der Waals surface area contributed by atoms with E-state index in [1.54, 1.807) is 6.21 Å². The van der Waals surface area contributed by atoms with Gasteiger partial charge in [0, 0.05) is 24.7 Å². The second-order valence-corrected chi connectivity index (χ2v) is 4.62. The molecule has 0 saturated heterocycles. The number of anilines is 1. The summed E-state index contributed by atoms with van der Waals surface area (Å²) in [5, 5.41) is 6.52. The van der Waals surface area contributed by atoms with Gasteiger partial charge in [-0.1, -0.05) is 24.6 Å². The number of hydrogen-bond donors (Lipinski definition) is 2. The maximum Gasteiger partial charge on any atom is 0.240 e. The smallest absolute Gasteiger partial charge is 0.240 e. The average Bonchev–Trinajstić information content (AvgIpc) is 2.40. The molecule has 0 heterocycles. The molecule has 0 aliphatic carbocycles. The molecule has 5 heteroatoms. The standard InChI is InChI=1S/C15H21N3O2/c1-4-9-16-18-15(20)8-7-14(19)17-13-6-5-11(2)10-12(13)3/h5-6,9-10H,4,7-8H2,1-3H3,(H,17,19)(H,18,20)/b16-9+. The fourth-order valence-corrected chi connectivity index (χ4v) is 1.66. The number of hydrazone groups is 1. The third-order valence-electron chi connectivity index (χ3n) is 2.70. The van der Waals surface area contributed by atoms with Crippen molar-refractivity contribution in [3.63, 3.8) is 0 Å². The van der Waals surface area contributed by atoms with Crippen molar-refractivity contribution in [1.29, 1.82) is 0 Å². The van der Waals surface area contributed by atoms with E-state index >= 15 is 0 Å². The maximum absolute atomic E-state index is 11.8. The Morgan fingerprint density at radius 2 is 1.90 bits per heavy atom. The van der Waals surface area contributed by atoms with Crippen LogP contribution >= 0.6 is 0 Å². The van der Waals surface area contributed by atoms with E-state index in [1.807, 2.05) is 39.0 Å². The minimum absolute atomic E-state index is 0.123. The lowest BCUT2D eigenvalue weighted by Crippen LogP contribution is -2.20. The predicted molar refractivity (Wildman–Crippen MR) is 80.7 cm³/mol. The summed E-state index contributed by atoms with van der Waals surface area (Å²) in [4.78, 5) is 23.1. The lowest BCUT2D eigenvalue weighted by Gasteiger charge is -2.08. The van der Waals surface area contributed by atoms with Crippen LogP contribution in [0.5, 0.6) is 0 Å². The number of carbonyl (C=O) groups is 2. The first kappa shape index (κ1) is 15.9. The SMILES string of the molecule is CC/C=N/NC(=O)CCC(=O)Nc1ccc(C)cc1C. The van der Waals surface area contributed by atoms with E-state index in [-0.39, 0.29) is 24.7 Å². The summed E-state index contributed by atoms with van der Waals surface area (Å²) in [6.45, 7) is 5.86. The van der Waals surface area contributed by atoms with E-state index in [4.69, 9.17) is 0 Å². The summed E-state index contributed by atoms with van der Waals surface area (Å²) in [6.07, 6.45) is 2.62. The van der Waals surface area contributed by atoms with Gasteiger partial charge in [-0.05, 0) is 31.9 Å². The van der Waals surface area contributed by atoms with E-state index in [0.717, 1.165) is 23.2 Å². The van der Waals surface area contributed by atoms with Crippen LogP contribution in [0.2, 0.25) is 0 Å². The van der Waals surface area contributed by atoms with Gasteiger partial charge in [0.2, 0.25) is 11.8 Å². The van der Waals surface area contributed by atoms with Crippen LogP contribution in [0.1, 0.15) is 37.3 Å². The normalized spacial score (nSPS) is 10.6. The van der Waals surface area contributed by atoms with Crippen LogP contribution in [-0.2, 0) is 9.59 Å². The number of hydrogen-bond acceptors (Lipinski definition) is 3. The molecule has 1 aromatic rings. The van der Waals surface area contributed by atoms with Gasteiger partial charge in [0.05, 0.1) is 0 Å². The number of rotatable bonds is 6. The van der Waals surface area contributed by atoms with Gasteiger partial charge in [0.25, 0.3) is 0 Å². The van der Waals surface area contributed by atoms with E-state index in [9.17, 15) is 9.59 Å². The Balaban J connectivity index is 2.40. The van der Waals surface area contributed by atoms with Crippen molar-refractivity contribution in [2.75, 3.05) is 5.32 Å². The molecular weight excluding hydrogens is 254 g/mol. The second kappa shape index (κ2) is 8.09. The molecular formula is C15H21N3O2. The van der Waals surface area contributed by atoms with Gasteiger partial charge in [0.15, 0.2) is 0 Å². The van der Waals surface area contributed by atoms with E-state index in [0.29, 0.717) is 0 Å². The number of carbonyl (C=O) groups excluding carboxylic acids is 2. The van der Waals surface area contributed by atoms with Crippen molar-refractivity contribution in [1.82, 2.24) is 5.43 Å². The van der Waals surface area contributed by atoms with Crippen LogP contribution < -0.4 is 10.7 Å². The number of nitrogens with zero attached hydrogens (tertiary/aromatic N) is 1. The summed E-state index contributed by atoms with van der Waals surface area (Å²) < 4.78 is 0. The predicted octanol–water partition coefficient (Wildman–Crippen LogP) is 2.53. The van der Waals surface area contributed by atoms with Gasteiger partial charge in [-0.25, -0.2) is 5.43 Å². The number of benzene rings is 1. The van der Waals surface area contributed by atoms with Gasteiger partial charge >= 0.3 is 0 Å². The Morgan fingerprint density at radius 1 is 1.20 bits per heavy atom. The Bertz CT molecular complexity index is 510. The van der Waals surface area contributed by atoms with E-state index in [2.05, 4.69) is 15.8 Å². The first-order chi connectivity index (χ1) is 9.52. The Kier molecular flexibility index (Phi) is 6.43. The van der Waals surface area contributed by atoms with Crippen LogP contribution in [0.25, 0.3) is 0 Å². The van der Waals surface area contributed by atoms with Crippen LogP contribution in [0.15, 0.2) is 23.3 Å². The molecule has 0 spiro atoms. The highest BCUT2D eigenvalue weighted by atomic mass is 16.2. The van der Waals surface area contributed by atoms with Gasteiger partial charge < -0.3 is 5.32 Å². The molecule has 0 fully saturated rings. The van der Waals surface area contributed by atoms with Crippen molar-refractivity contribution >= 4 is 23.7 Å². The van der Waals surface area contributed by atoms with Gasteiger partial charge in [0.1, 0.15) is 0 Å². The Hall–Kier alpha value is -2.17. The van der Waals surface area contributed by atoms with Gasteiger partial charge in [-0.3, -0.25) is 9.59 Å². The van der Waals surface area contributed by atoms with Crippen molar-refractivity contribution < 1.29 is 9.59 Å². The average molecular weight is 275 g/mol. The minimum Gasteiger partial charge on any atom is -0.326 e. The maximum atomic E-state index is 11.8. The summed E-state index contributed by atoms with van der Waals surface area (Å²) in [6, 6.07) is 5.81. The largest absolute Gasteiger partial charge is 0.326 e. The third-order valence-corrected chi connectivity index (χ3v) is 2.70. The minimum atomic E-state index is -0.259. The second-order valence-electron chi connectivity index (χ2n) is 4.62. The number of nitrogens with one attached hydrogen (secondary N) is 2. The van der Waals surface area contributed by atoms with Crippen molar-refractivity contribution in [3.05, 3.63) is 29.3 Å². The molecule has 5 nitrogen and oxygen atoms in total. The molecule has 108 valence electrons. The van der Waals surface area contributed by atoms with Gasteiger partial charge in [-0.15, -0.1) is 0 Å². The first-order valence-electron chi connectivity index (χ1n) is 6.70. The van der Waals surface area contributed by atoms with Crippen molar-refractivity contribution in [2.45, 2.75) is 40.0 Å². The molecule has 0 aliphatic rings. The highest BCUT2D eigenvalue weighted by Crippen LogP contribution is 2.16. The lowest BCUT2D eigenvalue weighted by atomic mass is 10.1. The van der Waals surface area contributed by atoms with Crippen LogP contribution in [-0.4, -0.2) is 18.0 Å². The zero-order chi connectivity index (χ0) is 15.0. The van der Waals surface area contributed by atoms with E-state index in [1.165, 1.54) is 0 Å². The quantitative estimate of drug-likeness (QED) is 0.618. The molecule has 2 amide bonds. The molecule has 1 aromatic carbocycles. The summed E-state index contributed by atoms with van der Waals surface area (Å²) in [5.74, 6) is -0.433. The van der Waals surface area contributed by atoms with Crippen molar-refractivity contribution in [2.24, 2.45) is 5.10 Å². The molecule has 0 radical (unpaired) electrons. The molecule has 0 aliphatic heterocycles. The number of amides is 2. The number of aryl methyl sites for hydroxylation is 2. The molecule has 2 N–H and O–H groups in total. The molecule has 0 aromatic heterocycles. The molecule has 0 saturated carbocycles. The summed E-state index contributed by atoms with van der Waals surface area (Å²) in [5.41, 5.74) is 5.31. The molecule has 0 atom stereocenters. The highest BCUT2D eigenvalue weighted by molar-refractivity contribution is 5.93. The molecule has 0 bridgehead atoms. The summed E-state index contributed by atoms with van der Waals surface area (Å²) in [7, 11) is 0. The van der Waals surface area contributed by atoms with Crippen molar-refractivity contribution in [3.8, 4) is 0 Å². The van der Waals surface area contributed by atoms with Crippen LogP contribution in [0.3, 0.4) is 0 Å². The Labute approximate surface area is 119 Å². The summed E-state index contributed by atoms with van der Waals surface area (Å²) >= 11 is 0. The fourth-order valence-electron chi connectivity index (χ4n) is 1.66. The first-order valence-corrected chi connectivity index (χ1v) is 6.70. The molecule has 0 unspecified atom stereocenters. The molecule has 1 rings (SSSR count). The monoisotopic (exact) mass is 275 g/mol. The highest BCUT2D eigenvalue weighted by Gasteiger charge is 2.08. The Morgan fingerprint density at radius 3 is 2.55 bits per heavy atom. The van der Waals surface area contributed by atoms with Crippen LogP contribution in [0, 0.1) is 13.8 Å². The van der Waals surface area contributed by atoms with Gasteiger partial charge in [-0.2, -0.15) is 5.10 Å². The fraction of sp³-hybridized carbons (Fsp3) is 0.400. The topological polar surface area (TPSA) is 70.6 Å². The van der Waals surface area contributed by atoms with E-state index < -0.39 is 0 Å².